The minimum atomic E-state index is 0.555. The van der Waals surface area contributed by atoms with Gasteiger partial charge in [0.1, 0.15) is 0 Å². The summed E-state index contributed by atoms with van der Waals surface area (Å²) in [5.74, 6) is 0.555. The van der Waals surface area contributed by atoms with Gasteiger partial charge in [-0.3, -0.25) is 0 Å². The molecule has 0 aromatic heterocycles. The SMILES string of the molecule is C=C(/C=N\NC)C(/C=C\C(C)C)=C/C. The minimum absolute atomic E-state index is 0.555. The molecule has 0 fully saturated rings. The Balaban J connectivity index is 4.44. The third-order valence-corrected chi connectivity index (χ3v) is 1.69. The van der Waals surface area contributed by atoms with Gasteiger partial charge in [0.25, 0.3) is 0 Å². The number of nitrogens with one attached hydrogen (secondary N) is 1. The van der Waals surface area contributed by atoms with Crippen LogP contribution in [-0.4, -0.2) is 13.3 Å². The lowest BCUT2D eigenvalue weighted by atomic mass is 10.1. The number of hydrogen-bond donors (Lipinski definition) is 1. The number of allylic oxidation sites excluding steroid dienone is 5. The summed E-state index contributed by atoms with van der Waals surface area (Å²) >= 11 is 0. The summed E-state index contributed by atoms with van der Waals surface area (Å²) in [7, 11) is 1.77. The standard InChI is InChI=1S/C12H20N2/c1-6-12(8-7-10(2)3)11(4)9-14-13-5/h6-10,13H,4H2,1-3,5H3/b8-7-,12-6+,14-9-. The van der Waals surface area contributed by atoms with E-state index in [4.69, 9.17) is 0 Å². The molecule has 78 valence electrons. The van der Waals surface area contributed by atoms with Crippen LogP contribution in [0, 0.1) is 5.92 Å². The Bertz CT molecular complexity index is 257. The van der Waals surface area contributed by atoms with Crippen LogP contribution in [0.1, 0.15) is 20.8 Å². The Morgan fingerprint density at radius 1 is 1.43 bits per heavy atom. The first-order valence-corrected chi connectivity index (χ1v) is 4.85. The van der Waals surface area contributed by atoms with Gasteiger partial charge in [0.2, 0.25) is 0 Å². The molecule has 2 heteroatoms. The first kappa shape index (κ1) is 12.7. The summed E-state index contributed by atoms with van der Waals surface area (Å²) in [5, 5.41) is 3.92. The van der Waals surface area contributed by atoms with Crippen molar-refractivity contribution < 1.29 is 0 Å². The third kappa shape index (κ3) is 5.36. The van der Waals surface area contributed by atoms with Crippen molar-refractivity contribution in [2.75, 3.05) is 7.05 Å². The quantitative estimate of drug-likeness (QED) is 0.404. The zero-order valence-corrected chi connectivity index (χ0v) is 9.54. The predicted molar refractivity (Wildman–Crippen MR) is 64.4 cm³/mol. The molecule has 0 aliphatic heterocycles. The summed E-state index contributed by atoms with van der Waals surface area (Å²) < 4.78 is 0. The lowest BCUT2D eigenvalue weighted by Gasteiger charge is -2.01. The average molecular weight is 192 g/mol. The van der Waals surface area contributed by atoms with Crippen LogP contribution in [0.2, 0.25) is 0 Å². The van der Waals surface area contributed by atoms with E-state index in [0.29, 0.717) is 5.92 Å². The highest BCUT2D eigenvalue weighted by Gasteiger charge is 1.94. The van der Waals surface area contributed by atoms with Crippen LogP contribution < -0.4 is 5.43 Å². The molecule has 2 nitrogen and oxygen atoms in total. The van der Waals surface area contributed by atoms with Crippen molar-refractivity contribution >= 4 is 6.21 Å². The van der Waals surface area contributed by atoms with E-state index in [0.717, 1.165) is 11.1 Å². The Morgan fingerprint density at radius 2 is 2.07 bits per heavy atom. The van der Waals surface area contributed by atoms with Crippen molar-refractivity contribution in [3.8, 4) is 0 Å². The molecule has 0 aliphatic rings. The zero-order valence-electron chi connectivity index (χ0n) is 9.54. The lowest BCUT2D eigenvalue weighted by molar-refractivity contribution is 0.831. The highest BCUT2D eigenvalue weighted by molar-refractivity contribution is 5.84. The molecule has 0 unspecified atom stereocenters. The van der Waals surface area contributed by atoms with Crippen molar-refractivity contribution in [1.82, 2.24) is 5.43 Å². The van der Waals surface area contributed by atoms with Crippen LogP contribution >= 0.6 is 0 Å². The Hall–Kier alpha value is -1.31. The van der Waals surface area contributed by atoms with Crippen LogP contribution in [0.4, 0.5) is 0 Å². The molecule has 0 heterocycles. The molecule has 0 bridgehead atoms. The maximum absolute atomic E-state index is 3.93. The second kappa shape index (κ2) is 7.13. The van der Waals surface area contributed by atoms with Gasteiger partial charge in [0.15, 0.2) is 0 Å². The average Bonchev–Trinajstić information content (AvgIpc) is 2.15. The maximum atomic E-state index is 3.93. The van der Waals surface area contributed by atoms with Crippen molar-refractivity contribution in [1.29, 1.82) is 0 Å². The lowest BCUT2D eigenvalue weighted by Crippen LogP contribution is -1.96. The van der Waals surface area contributed by atoms with Gasteiger partial charge >= 0.3 is 0 Å². The smallest absolute Gasteiger partial charge is 0.0540 e. The first-order chi connectivity index (χ1) is 6.61. The number of nitrogens with zero attached hydrogens (tertiary/aromatic N) is 1. The molecule has 0 aromatic carbocycles. The van der Waals surface area contributed by atoms with Crippen LogP contribution in [-0.2, 0) is 0 Å². The van der Waals surface area contributed by atoms with Gasteiger partial charge in [0.05, 0.1) is 6.21 Å². The molecule has 0 aliphatic carbocycles. The summed E-state index contributed by atoms with van der Waals surface area (Å²) in [6.45, 7) is 10.2. The molecule has 0 amide bonds. The van der Waals surface area contributed by atoms with Crippen molar-refractivity contribution in [3.05, 3.63) is 36.0 Å². The summed E-state index contributed by atoms with van der Waals surface area (Å²) in [4.78, 5) is 0. The van der Waals surface area contributed by atoms with E-state index in [1.165, 1.54) is 0 Å². The Kier molecular flexibility index (Phi) is 6.46. The molecule has 14 heavy (non-hydrogen) atoms. The van der Waals surface area contributed by atoms with Crippen LogP contribution in [0.3, 0.4) is 0 Å². The van der Waals surface area contributed by atoms with E-state index in [9.17, 15) is 0 Å². The third-order valence-electron chi connectivity index (χ3n) is 1.69. The fraction of sp³-hybridized carbons (Fsp3) is 0.417. The largest absolute Gasteiger partial charge is 0.313 e. The van der Waals surface area contributed by atoms with E-state index >= 15 is 0 Å². The second-order valence-corrected chi connectivity index (χ2v) is 3.35. The van der Waals surface area contributed by atoms with E-state index in [1.54, 1.807) is 13.3 Å². The number of rotatable bonds is 5. The maximum Gasteiger partial charge on any atom is 0.0540 e. The molecular formula is C12H20N2. The molecule has 0 radical (unpaired) electrons. The predicted octanol–water partition coefficient (Wildman–Crippen LogP) is 2.91. The second-order valence-electron chi connectivity index (χ2n) is 3.35. The molecular weight excluding hydrogens is 172 g/mol. The fourth-order valence-corrected chi connectivity index (χ4v) is 0.902. The van der Waals surface area contributed by atoms with Gasteiger partial charge in [-0.1, -0.05) is 38.7 Å². The summed E-state index contributed by atoms with van der Waals surface area (Å²) in [6, 6.07) is 0. The Labute approximate surface area is 87.1 Å². The zero-order chi connectivity index (χ0) is 11.0. The fourth-order valence-electron chi connectivity index (χ4n) is 0.902. The summed E-state index contributed by atoms with van der Waals surface area (Å²) in [6.07, 6.45) is 7.98. The van der Waals surface area contributed by atoms with Crippen LogP contribution in [0.5, 0.6) is 0 Å². The van der Waals surface area contributed by atoms with Gasteiger partial charge in [-0.25, -0.2) is 0 Å². The van der Waals surface area contributed by atoms with Crippen LogP contribution in [0.15, 0.2) is 41.1 Å². The number of hydrazone groups is 1. The van der Waals surface area contributed by atoms with Gasteiger partial charge < -0.3 is 5.43 Å². The van der Waals surface area contributed by atoms with Gasteiger partial charge in [0, 0.05) is 7.05 Å². The van der Waals surface area contributed by atoms with E-state index in [2.05, 4.69) is 43.1 Å². The van der Waals surface area contributed by atoms with E-state index < -0.39 is 0 Å². The molecule has 0 spiro atoms. The number of hydrogen-bond acceptors (Lipinski definition) is 2. The molecule has 1 N–H and O–H groups in total. The molecule has 0 atom stereocenters. The van der Waals surface area contributed by atoms with Crippen LogP contribution in [0.25, 0.3) is 0 Å². The van der Waals surface area contributed by atoms with E-state index in [-0.39, 0.29) is 0 Å². The first-order valence-electron chi connectivity index (χ1n) is 4.85. The molecule has 0 saturated carbocycles. The highest BCUT2D eigenvalue weighted by Crippen LogP contribution is 2.09. The topological polar surface area (TPSA) is 24.4 Å². The van der Waals surface area contributed by atoms with E-state index in [1.807, 2.05) is 13.0 Å². The van der Waals surface area contributed by atoms with Crippen molar-refractivity contribution in [2.45, 2.75) is 20.8 Å². The van der Waals surface area contributed by atoms with Gasteiger partial charge in [-0.2, -0.15) is 5.10 Å². The van der Waals surface area contributed by atoms with Crippen molar-refractivity contribution in [2.24, 2.45) is 11.0 Å². The normalized spacial score (nSPS) is 13.1. The molecule has 0 saturated heterocycles. The Morgan fingerprint density at radius 3 is 2.50 bits per heavy atom. The van der Waals surface area contributed by atoms with Crippen molar-refractivity contribution in [3.63, 3.8) is 0 Å². The van der Waals surface area contributed by atoms with Gasteiger partial charge in [-0.05, 0) is 24.0 Å². The van der Waals surface area contributed by atoms with Gasteiger partial charge in [-0.15, -0.1) is 0 Å². The molecule has 0 aromatic rings. The molecule has 0 rings (SSSR count). The highest BCUT2D eigenvalue weighted by atomic mass is 15.3. The monoisotopic (exact) mass is 192 g/mol. The summed E-state index contributed by atoms with van der Waals surface area (Å²) in [5.41, 5.74) is 4.72. The minimum Gasteiger partial charge on any atom is -0.313 e.